The standard InChI is InChI=1S/C26H28N2O4S/c1-17-5-12-22(13-6-17)33-18(2)15-25(29)27-20-9-7-19(8-10-20)26(30)28-23-16-21(31-3)11-14-24(23)32-4/h5-14,16,18H,15H2,1-4H3,(H,27,29)(H,28,30). The van der Waals surface area contributed by atoms with Crippen LogP contribution in [0.2, 0.25) is 0 Å². The molecular formula is C26H28N2O4S. The van der Waals surface area contributed by atoms with Gasteiger partial charge in [0.2, 0.25) is 5.91 Å². The monoisotopic (exact) mass is 464 g/mol. The second-order valence-electron chi connectivity index (χ2n) is 7.59. The highest BCUT2D eigenvalue weighted by molar-refractivity contribution is 8.00. The lowest BCUT2D eigenvalue weighted by Crippen LogP contribution is -2.16. The summed E-state index contributed by atoms with van der Waals surface area (Å²) >= 11 is 1.67. The van der Waals surface area contributed by atoms with Gasteiger partial charge in [0.1, 0.15) is 11.5 Å². The second kappa shape index (κ2) is 11.4. The van der Waals surface area contributed by atoms with Crippen LogP contribution in [0.15, 0.2) is 71.6 Å². The number of nitrogens with one attached hydrogen (secondary N) is 2. The van der Waals surface area contributed by atoms with Crippen molar-refractivity contribution in [3.05, 3.63) is 77.9 Å². The van der Waals surface area contributed by atoms with E-state index in [1.165, 1.54) is 12.7 Å². The molecule has 2 amide bonds. The van der Waals surface area contributed by atoms with Gasteiger partial charge in [-0.05, 0) is 55.5 Å². The number of benzene rings is 3. The van der Waals surface area contributed by atoms with Crippen LogP contribution in [0.5, 0.6) is 11.5 Å². The maximum atomic E-state index is 12.7. The lowest BCUT2D eigenvalue weighted by Gasteiger charge is -2.13. The average Bonchev–Trinajstić information content (AvgIpc) is 2.80. The van der Waals surface area contributed by atoms with Crippen molar-refractivity contribution < 1.29 is 19.1 Å². The summed E-state index contributed by atoms with van der Waals surface area (Å²) < 4.78 is 10.5. The van der Waals surface area contributed by atoms with Crippen LogP contribution in [-0.2, 0) is 4.79 Å². The van der Waals surface area contributed by atoms with Gasteiger partial charge in [0.15, 0.2) is 0 Å². The van der Waals surface area contributed by atoms with Crippen molar-refractivity contribution in [3.8, 4) is 11.5 Å². The molecule has 0 heterocycles. The summed E-state index contributed by atoms with van der Waals surface area (Å²) in [4.78, 5) is 26.2. The van der Waals surface area contributed by atoms with Crippen molar-refractivity contribution in [1.29, 1.82) is 0 Å². The Balaban J connectivity index is 1.55. The lowest BCUT2D eigenvalue weighted by molar-refractivity contribution is -0.116. The van der Waals surface area contributed by atoms with E-state index in [0.29, 0.717) is 34.9 Å². The number of hydrogen-bond donors (Lipinski definition) is 2. The summed E-state index contributed by atoms with van der Waals surface area (Å²) in [5.41, 5.74) is 2.83. The Morgan fingerprint density at radius 1 is 0.909 bits per heavy atom. The van der Waals surface area contributed by atoms with Gasteiger partial charge in [0.05, 0.1) is 19.9 Å². The molecule has 6 nitrogen and oxygen atoms in total. The summed E-state index contributed by atoms with van der Waals surface area (Å²) in [7, 11) is 3.09. The number of aryl methyl sites for hydroxylation is 1. The Morgan fingerprint density at radius 3 is 2.24 bits per heavy atom. The Morgan fingerprint density at radius 2 is 1.61 bits per heavy atom. The van der Waals surface area contributed by atoms with Crippen LogP contribution in [0.1, 0.15) is 29.3 Å². The van der Waals surface area contributed by atoms with Crippen LogP contribution in [0.25, 0.3) is 0 Å². The van der Waals surface area contributed by atoms with E-state index in [1.807, 2.05) is 6.92 Å². The highest BCUT2D eigenvalue weighted by atomic mass is 32.2. The molecule has 0 bridgehead atoms. The van der Waals surface area contributed by atoms with Crippen molar-refractivity contribution in [1.82, 2.24) is 0 Å². The average molecular weight is 465 g/mol. The number of methoxy groups -OCH3 is 2. The van der Waals surface area contributed by atoms with Crippen LogP contribution < -0.4 is 20.1 Å². The first-order valence-corrected chi connectivity index (χ1v) is 11.4. The van der Waals surface area contributed by atoms with Gasteiger partial charge < -0.3 is 20.1 Å². The van der Waals surface area contributed by atoms with Crippen molar-refractivity contribution >= 4 is 35.0 Å². The van der Waals surface area contributed by atoms with Crippen LogP contribution in [-0.4, -0.2) is 31.3 Å². The topological polar surface area (TPSA) is 76.7 Å². The van der Waals surface area contributed by atoms with E-state index in [9.17, 15) is 9.59 Å². The number of rotatable bonds is 9. The normalized spacial score (nSPS) is 11.4. The predicted octanol–water partition coefficient (Wildman–Crippen LogP) is 5.77. The fraction of sp³-hybridized carbons (Fsp3) is 0.231. The minimum absolute atomic E-state index is 0.0690. The predicted molar refractivity (Wildman–Crippen MR) is 134 cm³/mol. The van der Waals surface area contributed by atoms with E-state index >= 15 is 0 Å². The molecule has 3 aromatic rings. The molecule has 0 radical (unpaired) electrons. The molecule has 2 N–H and O–H groups in total. The number of thioether (sulfide) groups is 1. The largest absolute Gasteiger partial charge is 0.497 e. The van der Waals surface area contributed by atoms with Crippen LogP contribution in [0, 0.1) is 6.92 Å². The van der Waals surface area contributed by atoms with E-state index in [0.717, 1.165) is 4.90 Å². The highest BCUT2D eigenvalue weighted by Gasteiger charge is 2.13. The zero-order valence-electron chi connectivity index (χ0n) is 19.2. The molecule has 1 atom stereocenters. The minimum Gasteiger partial charge on any atom is -0.497 e. The second-order valence-corrected chi connectivity index (χ2v) is 9.10. The summed E-state index contributed by atoms with van der Waals surface area (Å²) in [6, 6.07) is 20.2. The lowest BCUT2D eigenvalue weighted by atomic mass is 10.1. The van der Waals surface area contributed by atoms with Crippen LogP contribution in [0.3, 0.4) is 0 Å². The molecule has 3 aromatic carbocycles. The van der Waals surface area contributed by atoms with Crippen LogP contribution >= 0.6 is 11.8 Å². The molecule has 0 spiro atoms. The summed E-state index contributed by atoms with van der Waals surface area (Å²) in [6.07, 6.45) is 0.385. The first-order chi connectivity index (χ1) is 15.9. The van der Waals surface area contributed by atoms with Gasteiger partial charge in [-0.3, -0.25) is 9.59 Å². The molecule has 0 aromatic heterocycles. The molecule has 0 saturated heterocycles. The Kier molecular flexibility index (Phi) is 8.38. The smallest absolute Gasteiger partial charge is 0.255 e. The zero-order chi connectivity index (χ0) is 23.8. The molecule has 0 aliphatic carbocycles. The molecular weight excluding hydrogens is 436 g/mol. The molecule has 1 unspecified atom stereocenters. The summed E-state index contributed by atoms with van der Waals surface area (Å²) in [5, 5.41) is 5.86. The number of amides is 2. The maximum absolute atomic E-state index is 12.7. The van der Waals surface area contributed by atoms with Crippen molar-refractivity contribution in [2.75, 3.05) is 24.9 Å². The van der Waals surface area contributed by atoms with Gasteiger partial charge >= 0.3 is 0 Å². The molecule has 0 saturated carbocycles. The fourth-order valence-electron chi connectivity index (χ4n) is 3.18. The van der Waals surface area contributed by atoms with Crippen LogP contribution in [0.4, 0.5) is 11.4 Å². The molecule has 7 heteroatoms. The number of carbonyl (C=O) groups is 2. The van der Waals surface area contributed by atoms with Crippen molar-refractivity contribution in [2.45, 2.75) is 30.4 Å². The van der Waals surface area contributed by atoms with E-state index in [2.05, 4.69) is 41.8 Å². The minimum atomic E-state index is -0.289. The van der Waals surface area contributed by atoms with Gasteiger partial charge in [0.25, 0.3) is 5.91 Å². The van der Waals surface area contributed by atoms with Crippen molar-refractivity contribution in [2.24, 2.45) is 0 Å². The molecule has 0 aliphatic heterocycles. The van der Waals surface area contributed by atoms with E-state index < -0.39 is 0 Å². The highest BCUT2D eigenvalue weighted by Crippen LogP contribution is 2.29. The third kappa shape index (κ3) is 7.02. The molecule has 0 aliphatic rings. The number of carbonyl (C=O) groups excluding carboxylic acids is 2. The maximum Gasteiger partial charge on any atom is 0.255 e. The number of anilines is 2. The fourth-order valence-corrected chi connectivity index (χ4v) is 4.17. The molecule has 0 fully saturated rings. The zero-order valence-corrected chi connectivity index (χ0v) is 20.0. The van der Waals surface area contributed by atoms with E-state index in [4.69, 9.17) is 9.47 Å². The third-order valence-corrected chi connectivity index (χ3v) is 6.03. The quantitative estimate of drug-likeness (QED) is 0.393. The molecule has 172 valence electrons. The first kappa shape index (κ1) is 24.2. The van der Waals surface area contributed by atoms with Gasteiger partial charge in [-0.1, -0.05) is 24.6 Å². The molecule has 33 heavy (non-hydrogen) atoms. The van der Waals surface area contributed by atoms with Gasteiger partial charge in [-0.2, -0.15) is 0 Å². The SMILES string of the molecule is COc1ccc(OC)c(NC(=O)c2ccc(NC(=O)CC(C)Sc3ccc(C)cc3)cc2)c1. The Labute approximate surface area is 198 Å². The number of ether oxygens (including phenoxy) is 2. The van der Waals surface area contributed by atoms with Gasteiger partial charge in [0, 0.05) is 33.9 Å². The van der Waals surface area contributed by atoms with Gasteiger partial charge in [-0.25, -0.2) is 0 Å². The Bertz CT molecular complexity index is 1100. The molecule has 3 rings (SSSR count). The summed E-state index contributed by atoms with van der Waals surface area (Å²) in [5.74, 6) is 0.785. The van der Waals surface area contributed by atoms with E-state index in [-0.39, 0.29) is 17.1 Å². The number of hydrogen-bond acceptors (Lipinski definition) is 5. The third-order valence-electron chi connectivity index (χ3n) is 4.92. The first-order valence-electron chi connectivity index (χ1n) is 10.5. The van der Waals surface area contributed by atoms with Crippen molar-refractivity contribution in [3.63, 3.8) is 0 Å². The Hall–Kier alpha value is -3.45. The summed E-state index contributed by atoms with van der Waals surface area (Å²) in [6.45, 7) is 4.08. The van der Waals surface area contributed by atoms with Gasteiger partial charge in [-0.15, -0.1) is 11.8 Å². The van der Waals surface area contributed by atoms with E-state index in [1.54, 1.807) is 61.3 Å².